The Morgan fingerprint density at radius 1 is 1.45 bits per heavy atom. The molecule has 20 heavy (non-hydrogen) atoms. The van der Waals surface area contributed by atoms with Crippen LogP contribution in [0, 0.1) is 3.57 Å². The van der Waals surface area contributed by atoms with Crippen molar-refractivity contribution in [3.05, 3.63) is 33.4 Å². The molecule has 0 aromatic heterocycles. The number of carbonyl (C=O) groups is 2. The van der Waals surface area contributed by atoms with Crippen LogP contribution >= 0.6 is 22.6 Å². The van der Waals surface area contributed by atoms with Crippen LogP contribution in [-0.4, -0.2) is 49.1 Å². The van der Waals surface area contributed by atoms with Crippen LogP contribution in [0.25, 0.3) is 0 Å². The maximum atomic E-state index is 12.6. The van der Waals surface area contributed by atoms with Gasteiger partial charge < -0.3 is 15.0 Å². The first-order valence-corrected chi connectivity index (χ1v) is 7.66. The molecule has 1 fully saturated rings. The summed E-state index contributed by atoms with van der Waals surface area (Å²) in [5, 5.41) is 3.13. The molecule has 1 aromatic carbocycles. The number of hydrogen-bond acceptors (Lipinski definition) is 4. The second-order valence-electron chi connectivity index (χ2n) is 4.45. The summed E-state index contributed by atoms with van der Waals surface area (Å²) in [7, 11) is 0. The molecule has 1 amide bonds. The predicted molar refractivity (Wildman–Crippen MR) is 83.5 cm³/mol. The molecule has 108 valence electrons. The van der Waals surface area contributed by atoms with Crippen LogP contribution in [0.2, 0.25) is 0 Å². The zero-order valence-corrected chi connectivity index (χ0v) is 13.4. The van der Waals surface area contributed by atoms with Crippen molar-refractivity contribution in [2.45, 2.75) is 13.0 Å². The minimum atomic E-state index is -0.549. The lowest BCUT2D eigenvalue weighted by Gasteiger charge is -2.34. The third kappa shape index (κ3) is 3.29. The Hall–Kier alpha value is -1.15. The largest absolute Gasteiger partial charge is 0.464 e. The summed E-state index contributed by atoms with van der Waals surface area (Å²) in [5.74, 6) is -0.464. The molecule has 0 aliphatic carbocycles. The molecule has 1 unspecified atom stereocenters. The molecule has 2 rings (SSSR count). The van der Waals surface area contributed by atoms with Crippen molar-refractivity contribution < 1.29 is 14.3 Å². The number of piperazine rings is 1. The molecule has 1 saturated heterocycles. The van der Waals surface area contributed by atoms with E-state index >= 15 is 0 Å². The van der Waals surface area contributed by atoms with E-state index in [1.807, 2.05) is 18.2 Å². The number of esters is 1. The second kappa shape index (κ2) is 7.03. The maximum absolute atomic E-state index is 12.6. The number of nitrogens with one attached hydrogen (secondary N) is 1. The number of halogens is 1. The highest BCUT2D eigenvalue weighted by molar-refractivity contribution is 14.1. The van der Waals surface area contributed by atoms with Gasteiger partial charge in [-0.1, -0.05) is 12.1 Å². The maximum Gasteiger partial charge on any atom is 0.330 e. The van der Waals surface area contributed by atoms with E-state index < -0.39 is 6.04 Å². The smallest absolute Gasteiger partial charge is 0.330 e. The van der Waals surface area contributed by atoms with E-state index in [1.165, 1.54) is 0 Å². The van der Waals surface area contributed by atoms with Crippen LogP contribution in [0.5, 0.6) is 0 Å². The first-order valence-electron chi connectivity index (χ1n) is 6.58. The van der Waals surface area contributed by atoms with Crippen LogP contribution in [0.3, 0.4) is 0 Å². The molecule has 1 aliphatic heterocycles. The molecule has 0 saturated carbocycles. The van der Waals surface area contributed by atoms with Gasteiger partial charge in [0.1, 0.15) is 6.04 Å². The van der Waals surface area contributed by atoms with E-state index in [2.05, 4.69) is 27.9 Å². The Morgan fingerprint density at radius 3 is 2.90 bits per heavy atom. The van der Waals surface area contributed by atoms with Crippen molar-refractivity contribution in [1.29, 1.82) is 0 Å². The molecule has 0 bridgehead atoms. The van der Waals surface area contributed by atoms with Gasteiger partial charge in [0.25, 0.3) is 5.91 Å². The van der Waals surface area contributed by atoms with E-state index in [1.54, 1.807) is 17.9 Å². The molecule has 5 nitrogen and oxygen atoms in total. The highest BCUT2D eigenvalue weighted by Crippen LogP contribution is 2.17. The predicted octanol–water partition coefficient (Wildman–Crippen LogP) is 1.27. The molecule has 0 spiro atoms. The SMILES string of the molecule is CCOC(=O)C1CNCCN1C(=O)c1ccccc1I. The Bertz CT molecular complexity index is 507. The first-order chi connectivity index (χ1) is 9.65. The quantitative estimate of drug-likeness (QED) is 0.626. The Kier molecular flexibility index (Phi) is 5.36. The first kappa shape index (κ1) is 15.2. The summed E-state index contributed by atoms with van der Waals surface area (Å²) in [6.45, 7) is 3.72. The molecular formula is C14H17IN2O3. The van der Waals surface area contributed by atoms with Crippen molar-refractivity contribution >= 4 is 34.5 Å². The minimum absolute atomic E-state index is 0.116. The highest BCUT2D eigenvalue weighted by atomic mass is 127. The van der Waals surface area contributed by atoms with Gasteiger partial charge in [-0.15, -0.1) is 0 Å². The second-order valence-corrected chi connectivity index (χ2v) is 5.61. The van der Waals surface area contributed by atoms with Crippen LogP contribution in [0.1, 0.15) is 17.3 Å². The Morgan fingerprint density at radius 2 is 2.20 bits per heavy atom. The van der Waals surface area contributed by atoms with E-state index in [0.717, 1.165) is 3.57 Å². The lowest BCUT2D eigenvalue weighted by atomic mass is 10.1. The summed E-state index contributed by atoms with van der Waals surface area (Å²) in [6.07, 6.45) is 0. The molecule has 1 atom stereocenters. The lowest BCUT2D eigenvalue weighted by Crippen LogP contribution is -2.57. The minimum Gasteiger partial charge on any atom is -0.464 e. The van der Waals surface area contributed by atoms with Crippen molar-refractivity contribution in [1.82, 2.24) is 10.2 Å². The summed E-state index contributed by atoms with van der Waals surface area (Å²) >= 11 is 2.13. The number of ether oxygens (including phenoxy) is 1. The fraction of sp³-hybridized carbons (Fsp3) is 0.429. The number of amides is 1. The number of benzene rings is 1. The van der Waals surface area contributed by atoms with Gasteiger partial charge in [0.15, 0.2) is 0 Å². The molecule has 1 N–H and O–H groups in total. The van der Waals surface area contributed by atoms with Crippen LogP contribution in [0.15, 0.2) is 24.3 Å². The Labute approximate surface area is 131 Å². The lowest BCUT2D eigenvalue weighted by molar-refractivity contribution is -0.149. The van der Waals surface area contributed by atoms with Crippen LogP contribution in [0.4, 0.5) is 0 Å². The van der Waals surface area contributed by atoms with E-state index in [-0.39, 0.29) is 11.9 Å². The summed E-state index contributed by atoms with van der Waals surface area (Å²) < 4.78 is 5.94. The molecule has 0 radical (unpaired) electrons. The van der Waals surface area contributed by atoms with Gasteiger partial charge in [0.2, 0.25) is 0 Å². The van der Waals surface area contributed by atoms with Crippen molar-refractivity contribution in [2.24, 2.45) is 0 Å². The fourth-order valence-corrected chi connectivity index (χ4v) is 2.80. The van der Waals surface area contributed by atoms with Gasteiger partial charge >= 0.3 is 5.97 Å². The van der Waals surface area contributed by atoms with E-state index in [0.29, 0.717) is 31.8 Å². The highest BCUT2D eigenvalue weighted by Gasteiger charge is 2.34. The molecule has 6 heteroatoms. The van der Waals surface area contributed by atoms with Crippen molar-refractivity contribution in [3.8, 4) is 0 Å². The monoisotopic (exact) mass is 388 g/mol. The van der Waals surface area contributed by atoms with Crippen LogP contribution in [-0.2, 0) is 9.53 Å². The van der Waals surface area contributed by atoms with E-state index in [9.17, 15) is 9.59 Å². The summed E-state index contributed by atoms with van der Waals surface area (Å²) in [4.78, 5) is 26.2. The average molecular weight is 388 g/mol. The van der Waals surface area contributed by atoms with Gasteiger partial charge in [-0.25, -0.2) is 4.79 Å². The van der Waals surface area contributed by atoms with Gasteiger partial charge in [-0.05, 0) is 41.6 Å². The van der Waals surface area contributed by atoms with Crippen LogP contribution < -0.4 is 5.32 Å². The van der Waals surface area contributed by atoms with E-state index in [4.69, 9.17) is 4.74 Å². The van der Waals surface area contributed by atoms with Crippen molar-refractivity contribution in [3.63, 3.8) is 0 Å². The number of rotatable bonds is 3. The third-order valence-electron chi connectivity index (χ3n) is 3.17. The standard InChI is InChI=1S/C14H17IN2O3/c1-2-20-14(19)12-9-16-7-8-17(12)13(18)10-5-3-4-6-11(10)15/h3-6,12,16H,2,7-9H2,1H3. The summed E-state index contributed by atoms with van der Waals surface area (Å²) in [6, 6.07) is 6.84. The average Bonchev–Trinajstić information content (AvgIpc) is 2.47. The van der Waals surface area contributed by atoms with Gasteiger partial charge in [0.05, 0.1) is 12.2 Å². The summed E-state index contributed by atoms with van der Waals surface area (Å²) in [5.41, 5.74) is 0.629. The Balaban J connectivity index is 2.22. The third-order valence-corrected chi connectivity index (χ3v) is 4.11. The zero-order valence-electron chi connectivity index (χ0n) is 11.3. The topological polar surface area (TPSA) is 58.6 Å². The number of hydrogen-bond donors (Lipinski definition) is 1. The molecule has 1 aromatic rings. The normalized spacial score (nSPS) is 18.7. The van der Waals surface area contributed by atoms with Gasteiger partial charge in [0, 0.05) is 23.2 Å². The fourth-order valence-electron chi connectivity index (χ4n) is 2.19. The zero-order chi connectivity index (χ0) is 14.5. The molecular weight excluding hydrogens is 371 g/mol. The van der Waals surface area contributed by atoms with Gasteiger partial charge in [-0.3, -0.25) is 4.79 Å². The number of carbonyl (C=O) groups excluding carboxylic acids is 2. The van der Waals surface area contributed by atoms with Crippen molar-refractivity contribution in [2.75, 3.05) is 26.2 Å². The molecule has 1 heterocycles. The molecule has 1 aliphatic rings. The number of nitrogens with zero attached hydrogens (tertiary/aromatic N) is 1. The van der Waals surface area contributed by atoms with Gasteiger partial charge in [-0.2, -0.15) is 0 Å².